The van der Waals surface area contributed by atoms with Gasteiger partial charge in [0.25, 0.3) is 5.56 Å². The standard InChI is InChI=1S/C15H17BrN4OS/c1-10-13(18-15-17-9-12(8-16)22-15)14(21)20(19(10)2)11-6-4-3-5-7-11/h3-7,12H,8-9H2,1-2H3,(H,17,18)/t12-/m1/s1. The molecule has 0 fully saturated rings. The molecule has 2 heterocycles. The van der Waals surface area contributed by atoms with Gasteiger partial charge >= 0.3 is 0 Å². The van der Waals surface area contributed by atoms with Crippen LogP contribution in [0.5, 0.6) is 0 Å². The number of rotatable bonds is 3. The molecule has 0 bridgehead atoms. The minimum absolute atomic E-state index is 0.0585. The zero-order valence-corrected chi connectivity index (χ0v) is 14.8. The minimum Gasteiger partial charge on any atom is -0.329 e. The first-order chi connectivity index (χ1) is 10.6. The summed E-state index contributed by atoms with van der Waals surface area (Å²) in [6, 6.07) is 9.64. The van der Waals surface area contributed by atoms with Crippen LogP contribution in [0, 0.1) is 6.92 Å². The number of anilines is 1. The van der Waals surface area contributed by atoms with Crippen molar-refractivity contribution in [3.8, 4) is 5.69 Å². The lowest BCUT2D eigenvalue weighted by molar-refractivity contribution is 0.630. The Morgan fingerprint density at radius 3 is 2.77 bits per heavy atom. The average molecular weight is 381 g/mol. The smallest absolute Gasteiger partial charge is 0.295 e. The molecular weight excluding hydrogens is 364 g/mol. The van der Waals surface area contributed by atoms with Crippen LogP contribution < -0.4 is 10.9 Å². The van der Waals surface area contributed by atoms with Crippen LogP contribution in [0.2, 0.25) is 0 Å². The molecule has 3 rings (SSSR count). The largest absolute Gasteiger partial charge is 0.329 e. The summed E-state index contributed by atoms with van der Waals surface area (Å²) in [6.07, 6.45) is 0. The van der Waals surface area contributed by atoms with Crippen molar-refractivity contribution in [3.63, 3.8) is 0 Å². The van der Waals surface area contributed by atoms with Gasteiger partial charge in [0.2, 0.25) is 0 Å². The number of hydrogen-bond acceptors (Lipinski definition) is 4. The number of benzene rings is 1. The summed E-state index contributed by atoms with van der Waals surface area (Å²) in [4.78, 5) is 17.2. The highest BCUT2D eigenvalue weighted by molar-refractivity contribution is 9.09. The quantitative estimate of drug-likeness (QED) is 0.832. The second kappa shape index (κ2) is 6.34. The van der Waals surface area contributed by atoms with Crippen LogP contribution in [0.15, 0.2) is 40.1 Å². The van der Waals surface area contributed by atoms with Crippen LogP contribution in [0.1, 0.15) is 5.69 Å². The Morgan fingerprint density at radius 2 is 2.14 bits per heavy atom. The van der Waals surface area contributed by atoms with Crippen LogP contribution in [0.3, 0.4) is 0 Å². The lowest BCUT2D eigenvalue weighted by Crippen LogP contribution is -2.22. The van der Waals surface area contributed by atoms with Crippen molar-refractivity contribution in [1.82, 2.24) is 9.36 Å². The molecule has 1 aromatic carbocycles. The number of nitrogens with zero attached hydrogens (tertiary/aromatic N) is 3. The molecule has 22 heavy (non-hydrogen) atoms. The number of amidine groups is 1. The van der Waals surface area contributed by atoms with Gasteiger partial charge in [0, 0.05) is 17.6 Å². The van der Waals surface area contributed by atoms with Gasteiger partial charge in [0.1, 0.15) is 5.69 Å². The maximum atomic E-state index is 12.8. The van der Waals surface area contributed by atoms with E-state index in [0.717, 1.165) is 28.4 Å². The summed E-state index contributed by atoms with van der Waals surface area (Å²) in [7, 11) is 1.89. The zero-order valence-electron chi connectivity index (χ0n) is 12.4. The Labute approximate surface area is 141 Å². The number of hydrogen-bond donors (Lipinski definition) is 1. The summed E-state index contributed by atoms with van der Waals surface area (Å²) in [5.74, 6) is 0. The molecule has 0 saturated heterocycles. The monoisotopic (exact) mass is 380 g/mol. The third-order valence-corrected chi connectivity index (χ3v) is 5.99. The van der Waals surface area contributed by atoms with Gasteiger partial charge in [-0.15, -0.1) is 0 Å². The van der Waals surface area contributed by atoms with E-state index >= 15 is 0 Å². The molecule has 0 spiro atoms. The van der Waals surface area contributed by atoms with Gasteiger partial charge in [0.15, 0.2) is 5.17 Å². The number of halogens is 1. The topological polar surface area (TPSA) is 51.3 Å². The molecule has 1 aromatic heterocycles. The number of nitrogens with one attached hydrogen (secondary N) is 1. The van der Waals surface area contributed by atoms with Crippen molar-refractivity contribution in [2.75, 3.05) is 17.2 Å². The maximum absolute atomic E-state index is 12.8. The van der Waals surface area contributed by atoms with E-state index in [4.69, 9.17) is 0 Å². The SMILES string of the molecule is Cc1c(NC2=NC[C@@H](CBr)S2)c(=O)n(-c2ccccc2)n1C. The minimum atomic E-state index is -0.0585. The fourth-order valence-electron chi connectivity index (χ4n) is 2.39. The Balaban J connectivity index is 1.96. The number of para-hydroxylation sites is 1. The predicted molar refractivity (Wildman–Crippen MR) is 96.8 cm³/mol. The molecule has 1 N–H and O–H groups in total. The fourth-order valence-corrected chi connectivity index (χ4v) is 3.82. The number of thioether (sulfide) groups is 1. The number of aliphatic imine (C=N–C) groups is 1. The Morgan fingerprint density at radius 1 is 1.41 bits per heavy atom. The van der Waals surface area contributed by atoms with Crippen molar-refractivity contribution in [3.05, 3.63) is 46.4 Å². The Kier molecular flexibility index (Phi) is 4.44. The molecule has 0 unspecified atom stereocenters. The van der Waals surface area contributed by atoms with Crippen molar-refractivity contribution in [2.24, 2.45) is 12.0 Å². The second-order valence-electron chi connectivity index (χ2n) is 5.10. The van der Waals surface area contributed by atoms with Gasteiger partial charge in [-0.05, 0) is 19.1 Å². The lowest BCUT2D eigenvalue weighted by Gasteiger charge is -2.07. The molecule has 1 aliphatic rings. The van der Waals surface area contributed by atoms with Gasteiger partial charge in [-0.3, -0.25) is 14.5 Å². The molecule has 0 amide bonds. The van der Waals surface area contributed by atoms with Gasteiger partial charge in [-0.25, -0.2) is 4.68 Å². The summed E-state index contributed by atoms with van der Waals surface area (Å²) in [6.45, 7) is 2.71. The van der Waals surface area contributed by atoms with Gasteiger partial charge in [-0.2, -0.15) is 0 Å². The predicted octanol–water partition coefficient (Wildman–Crippen LogP) is 2.76. The van der Waals surface area contributed by atoms with Crippen LogP contribution in [-0.2, 0) is 7.05 Å². The van der Waals surface area contributed by atoms with E-state index in [1.165, 1.54) is 0 Å². The van der Waals surface area contributed by atoms with Crippen molar-refractivity contribution >= 4 is 38.5 Å². The van der Waals surface area contributed by atoms with Crippen molar-refractivity contribution in [2.45, 2.75) is 12.2 Å². The highest BCUT2D eigenvalue weighted by Gasteiger charge is 2.22. The Bertz CT molecular complexity index is 766. The normalized spacial score (nSPS) is 17.6. The van der Waals surface area contributed by atoms with E-state index < -0.39 is 0 Å². The highest BCUT2D eigenvalue weighted by Crippen LogP contribution is 2.24. The molecule has 1 atom stereocenters. The third-order valence-electron chi connectivity index (χ3n) is 3.68. The number of aromatic nitrogens is 2. The Hall–Kier alpha value is -1.47. The van der Waals surface area contributed by atoms with Crippen LogP contribution in [0.4, 0.5) is 5.69 Å². The summed E-state index contributed by atoms with van der Waals surface area (Å²) < 4.78 is 3.53. The van der Waals surface area contributed by atoms with Crippen LogP contribution >= 0.6 is 27.7 Å². The van der Waals surface area contributed by atoms with Gasteiger partial charge in [-0.1, -0.05) is 45.9 Å². The lowest BCUT2D eigenvalue weighted by atomic mass is 10.3. The van der Waals surface area contributed by atoms with Gasteiger partial charge < -0.3 is 5.32 Å². The summed E-state index contributed by atoms with van der Waals surface area (Å²) in [5.41, 5.74) is 2.27. The molecule has 0 radical (unpaired) electrons. The molecular formula is C15H17BrN4OS. The first kappa shape index (κ1) is 15.4. The molecule has 0 saturated carbocycles. The van der Waals surface area contributed by atoms with Crippen LogP contribution in [0.25, 0.3) is 5.69 Å². The third kappa shape index (κ3) is 2.75. The molecule has 2 aromatic rings. The van der Waals surface area contributed by atoms with E-state index in [9.17, 15) is 4.79 Å². The van der Waals surface area contributed by atoms with Crippen molar-refractivity contribution in [1.29, 1.82) is 0 Å². The summed E-state index contributed by atoms with van der Waals surface area (Å²) >= 11 is 5.14. The van der Waals surface area contributed by atoms with E-state index in [2.05, 4.69) is 26.2 Å². The van der Waals surface area contributed by atoms with Gasteiger partial charge in [0.05, 0.1) is 17.9 Å². The summed E-state index contributed by atoms with van der Waals surface area (Å²) in [5, 5.41) is 5.36. The fraction of sp³-hybridized carbons (Fsp3) is 0.333. The van der Waals surface area contributed by atoms with E-state index in [1.54, 1.807) is 16.4 Å². The average Bonchev–Trinajstić information content (AvgIpc) is 3.07. The maximum Gasteiger partial charge on any atom is 0.295 e. The molecule has 7 heteroatoms. The second-order valence-corrected chi connectivity index (χ2v) is 7.04. The van der Waals surface area contributed by atoms with Crippen LogP contribution in [-0.4, -0.2) is 31.7 Å². The zero-order chi connectivity index (χ0) is 15.7. The molecule has 0 aliphatic carbocycles. The highest BCUT2D eigenvalue weighted by atomic mass is 79.9. The van der Waals surface area contributed by atoms with E-state index in [1.807, 2.05) is 49.0 Å². The van der Waals surface area contributed by atoms with E-state index in [-0.39, 0.29) is 5.56 Å². The first-order valence-corrected chi connectivity index (χ1v) is 9.00. The van der Waals surface area contributed by atoms with Crippen molar-refractivity contribution < 1.29 is 0 Å². The molecule has 1 aliphatic heterocycles. The number of alkyl halides is 1. The first-order valence-electron chi connectivity index (χ1n) is 7.00. The molecule has 116 valence electrons. The molecule has 5 nitrogen and oxygen atoms in total. The van der Waals surface area contributed by atoms with E-state index in [0.29, 0.717) is 10.9 Å².